The zero-order valence-corrected chi connectivity index (χ0v) is 15.0. The van der Waals surface area contributed by atoms with Crippen molar-refractivity contribution < 1.29 is 0 Å². The van der Waals surface area contributed by atoms with Crippen molar-refractivity contribution >= 4 is 27.7 Å². The van der Waals surface area contributed by atoms with Gasteiger partial charge in [0.1, 0.15) is 16.1 Å². The monoisotopic (exact) mass is 307 g/mol. The van der Waals surface area contributed by atoms with Gasteiger partial charge < -0.3 is 0 Å². The van der Waals surface area contributed by atoms with Crippen molar-refractivity contribution in [2.45, 2.75) is 39.3 Å². The Balaban J connectivity index is 3.13. The van der Waals surface area contributed by atoms with E-state index in [1.54, 1.807) is 0 Å². The summed E-state index contributed by atoms with van der Waals surface area (Å²) in [5.74, 6) is 6.75. The van der Waals surface area contributed by atoms with Gasteiger partial charge in [-0.1, -0.05) is 39.3 Å². The first-order valence-electron chi connectivity index (χ1n) is 6.03. The summed E-state index contributed by atoms with van der Waals surface area (Å²) in [6.45, 7) is 13.0. The van der Waals surface area contributed by atoms with Crippen LogP contribution in [-0.2, 0) is 0 Å². The number of hydrogen-bond donors (Lipinski definition) is 0. The van der Waals surface area contributed by atoms with Crippen LogP contribution in [0.3, 0.4) is 0 Å². The van der Waals surface area contributed by atoms with Gasteiger partial charge >= 0.3 is 0 Å². The molecule has 1 heterocycles. The Kier molecular flexibility index (Phi) is 4.92. The van der Waals surface area contributed by atoms with E-state index in [0.29, 0.717) is 11.6 Å². The minimum Gasteiger partial charge on any atom is -0.193 e. The molecule has 0 unspecified atom stereocenters. The van der Waals surface area contributed by atoms with Crippen LogP contribution in [0.1, 0.15) is 11.6 Å². The molecule has 0 atom stereocenters. The molecule has 6 heteroatoms. The van der Waals surface area contributed by atoms with Crippen molar-refractivity contribution in [3.8, 4) is 22.9 Å². The van der Waals surface area contributed by atoms with Crippen molar-refractivity contribution in [2.24, 2.45) is 0 Å². The molecule has 1 aromatic heterocycles. The van der Waals surface area contributed by atoms with Gasteiger partial charge in [-0.3, -0.25) is 0 Å². The lowest BCUT2D eigenvalue weighted by Gasteiger charge is -2.03. The molecule has 100 valence electrons. The van der Waals surface area contributed by atoms with E-state index < -0.39 is 16.1 Å². The molecule has 0 aliphatic carbocycles. The third-order valence-electron chi connectivity index (χ3n) is 1.71. The molecule has 0 saturated heterocycles. The first-order valence-corrected chi connectivity index (χ1v) is 13.4. The quantitative estimate of drug-likeness (QED) is 0.546. The normalized spacial score (nSPS) is 11.1. The fourth-order valence-electron chi connectivity index (χ4n) is 0.949. The SMILES string of the molecule is C[Si](C)(C)C#Cc1nc(Cl)nc(C#C[Si](C)(C)C)n1. The number of rotatable bonds is 0. The first kappa shape index (κ1) is 15.9. The molecule has 0 spiro atoms. The molecule has 1 aromatic rings. The molecule has 0 amide bonds. The highest BCUT2D eigenvalue weighted by molar-refractivity contribution is 6.84. The summed E-state index contributed by atoms with van der Waals surface area (Å²) in [6, 6.07) is 0. The number of aromatic nitrogens is 3. The van der Waals surface area contributed by atoms with Crippen LogP contribution in [0.15, 0.2) is 0 Å². The summed E-state index contributed by atoms with van der Waals surface area (Å²) < 4.78 is 0. The number of halogens is 1. The standard InChI is InChI=1S/C13H18ClN3Si2/c1-18(2,3)9-7-11-15-12(17-13(14)16-11)8-10-19(4,5)6/h1-6H3. The molecular formula is C13H18ClN3Si2. The van der Waals surface area contributed by atoms with Gasteiger partial charge in [0, 0.05) is 0 Å². The predicted octanol–water partition coefficient (Wildman–Crippen LogP) is 2.98. The van der Waals surface area contributed by atoms with E-state index in [0.717, 1.165) is 0 Å². The Bertz CT molecular complexity index is 543. The van der Waals surface area contributed by atoms with Gasteiger partial charge in [-0.05, 0) is 23.4 Å². The van der Waals surface area contributed by atoms with Gasteiger partial charge in [-0.25, -0.2) is 0 Å². The van der Waals surface area contributed by atoms with Crippen LogP contribution in [0.25, 0.3) is 0 Å². The fourth-order valence-corrected chi connectivity index (χ4v) is 2.08. The van der Waals surface area contributed by atoms with E-state index >= 15 is 0 Å². The molecule has 3 nitrogen and oxygen atoms in total. The molecule has 0 aliphatic heterocycles. The van der Waals surface area contributed by atoms with Gasteiger partial charge in [0.25, 0.3) is 0 Å². The van der Waals surface area contributed by atoms with Crippen LogP contribution in [0.5, 0.6) is 0 Å². The minimum atomic E-state index is -1.46. The fraction of sp³-hybridized carbons (Fsp3) is 0.462. The number of nitrogens with zero attached hydrogens (tertiary/aromatic N) is 3. The van der Waals surface area contributed by atoms with Crippen LogP contribution in [0.4, 0.5) is 0 Å². The minimum absolute atomic E-state index is 0.148. The Morgan fingerprint density at radius 3 is 1.42 bits per heavy atom. The maximum Gasteiger partial charge on any atom is 0.227 e. The van der Waals surface area contributed by atoms with E-state index in [9.17, 15) is 0 Å². The largest absolute Gasteiger partial charge is 0.227 e. The molecule has 0 aromatic carbocycles. The zero-order valence-electron chi connectivity index (χ0n) is 12.2. The van der Waals surface area contributed by atoms with Gasteiger partial charge in [0.05, 0.1) is 0 Å². The highest BCUT2D eigenvalue weighted by Crippen LogP contribution is 2.03. The van der Waals surface area contributed by atoms with E-state index in [4.69, 9.17) is 11.6 Å². The molecule has 0 N–H and O–H groups in total. The lowest BCUT2D eigenvalue weighted by atomic mass is 10.5. The van der Waals surface area contributed by atoms with E-state index in [2.05, 4.69) is 77.2 Å². The lowest BCUT2D eigenvalue weighted by Crippen LogP contribution is -2.17. The van der Waals surface area contributed by atoms with Crippen LogP contribution >= 0.6 is 11.6 Å². The van der Waals surface area contributed by atoms with Gasteiger partial charge in [-0.15, -0.1) is 11.1 Å². The highest BCUT2D eigenvalue weighted by Gasteiger charge is 2.10. The van der Waals surface area contributed by atoms with Crippen molar-refractivity contribution in [1.82, 2.24) is 15.0 Å². The van der Waals surface area contributed by atoms with Gasteiger partial charge in [-0.2, -0.15) is 15.0 Å². The lowest BCUT2D eigenvalue weighted by molar-refractivity contribution is 0.999. The second-order valence-electron chi connectivity index (χ2n) is 6.25. The average molecular weight is 308 g/mol. The van der Waals surface area contributed by atoms with Crippen molar-refractivity contribution in [2.75, 3.05) is 0 Å². The smallest absolute Gasteiger partial charge is 0.193 e. The second kappa shape index (κ2) is 5.87. The Labute approximate surface area is 122 Å². The molecule has 0 radical (unpaired) electrons. The number of hydrogen-bond acceptors (Lipinski definition) is 3. The van der Waals surface area contributed by atoms with Crippen molar-refractivity contribution in [3.63, 3.8) is 0 Å². The Hall–Kier alpha value is -1.15. The summed E-state index contributed by atoms with van der Waals surface area (Å²) in [5, 5.41) is 0.148. The molecule has 0 saturated carbocycles. The zero-order chi connectivity index (χ0) is 14.7. The Morgan fingerprint density at radius 2 is 1.11 bits per heavy atom. The van der Waals surface area contributed by atoms with Crippen LogP contribution in [-0.4, -0.2) is 31.1 Å². The Morgan fingerprint density at radius 1 is 0.737 bits per heavy atom. The van der Waals surface area contributed by atoms with Crippen LogP contribution < -0.4 is 0 Å². The molecule has 1 rings (SSSR count). The topological polar surface area (TPSA) is 38.7 Å². The molecule has 19 heavy (non-hydrogen) atoms. The predicted molar refractivity (Wildman–Crippen MR) is 85.3 cm³/mol. The van der Waals surface area contributed by atoms with E-state index in [-0.39, 0.29) is 5.28 Å². The highest BCUT2D eigenvalue weighted by atomic mass is 35.5. The summed E-state index contributed by atoms with van der Waals surface area (Å²) in [5.41, 5.74) is 6.41. The van der Waals surface area contributed by atoms with Crippen LogP contribution in [0, 0.1) is 22.9 Å². The third kappa shape index (κ3) is 7.12. The van der Waals surface area contributed by atoms with E-state index in [1.807, 2.05) is 0 Å². The van der Waals surface area contributed by atoms with Crippen molar-refractivity contribution in [1.29, 1.82) is 0 Å². The first-order chi connectivity index (χ1) is 8.55. The van der Waals surface area contributed by atoms with E-state index in [1.165, 1.54) is 0 Å². The molecule has 0 fully saturated rings. The molecule has 0 bridgehead atoms. The van der Waals surface area contributed by atoms with Crippen LogP contribution in [0.2, 0.25) is 44.6 Å². The maximum absolute atomic E-state index is 5.87. The second-order valence-corrected chi connectivity index (χ2v) is 16.1. The summed E-state index contributed by atoms with van der Waals surface area (Å²) in [7, 11) is -2.91. The molecule has 0 aliphatic rings. The summed E-state index contributed by atoms with van der Waals surface area (Å²) in [4.78, 5) is 12.3. The maximum atomic E-state index is 5.87. The summed E-state index contributed by atoms with van der Waals surface area (Å²) in [6.07, 6.45) is 0. The van der Waals surface area contributed by atoms with Crippen molar-refractivity contribution in [3.05, 3.63) is 16.9 Å². The average Bonchev–Trinajstić information content (AvgIpc) is 2.21. The molecular weight excluding hydrogens is 290 g/mol. The third-order valence-corrected chi connectivity index (χ3v) is 3.63. The van der Waals surface area contributed by atoms with Gasteiger partial charge in [0.15, 0.2) is 0 Å². The summed E-state index contributed by atoms with van der Waals surface area (Å²) >= 11 is 5.87. The van der Waals surface area contributed by atoms with Gasteiger partial charge in [0.2, 0.25) is 16.9 Å².